The number of hydrogen-bond donors (Lipinski definition) is 1. The van der Waals surface area contributed by atoms with E-state index in [9.17, 15) is 8.42 Å². The molecule has 19 heavy (non-hydrogen) atoms. The van der Waals surface area contributed by atoms with Crippen LogP contribution in [0.3, 0.4) is 0 Å². The molecule has 0 aliphatic carbocycles. The van der Waals surface area contributed by atoms with Crippen LogP contribution in [0.15, 0.2) is 40.0 Å². The summed E-state index contributed by atoms with van der Waals surface area (Å²) in [5.41, 5.74) is 0. The van der Waals surface area contributed by atoms with Crippen molar-refractivity contribution in [2.45, 2.75) is 4.90 Å². The molecule has 1 heterocycles. The molecule has 1 aromatic carbocycles. The molecular weight excluding hydrogens is 377 g/mol. The van der Waals surface area contributed by atoms with Gasteiger partial charge in [-0.1, -0.05) is 39.1 Å². The van der Waals surface area contributed by atoms with Gasteiger partial charge in [0.1, 0.15) is 10.0 Å². The highest BCUT2D eigenvalue weighted by Crippen LogP contribution is 2.26. The van der Waals surface area contributed by atoms with Gasteiger partial charge in [0.2, 0.25) is 0 Å². The van der Waals surface area contributed by atoms with Crippen molar-refractivity contribution in [2.24, 2.45) is 0 Å². The molecule has 1 N–H and O–H groups in total. The molecule has 2 aromatic rings. The molecule has 0 aliphatic heterocycles. The highest BCUT2D eigenvalue weighted by atomic mass is 79.9. The number of halogens is 3. The molecule has 5 nitrogen and oxygen atoms in total. The number of sulfonamides is 1. The number of nitrogens with zero attached hydrogens (tertiary/aromatic N) is 2. The van der Waals surface area contributed by atoms with Gasteiger partial charge in [0.15, 0.2) is 5.82 Å². The van der Waals surface area contributed by atoms with Crippen molar-refractivity contribution >= 4 is 55.0 Å². The lowest BCUT2D eigenvalue weighted by Crippen LogP contribution is -2.14. The van der Waals surface area contributed by atoms with Gasteiger partial charge in [0.25, 0.3) is 10.0 Å². The molecule has 0 atom stereocenters. The Labute approximate surface area is 128 Å². The predicted octanol–water partition coefficient (Wildman–Crippen LogP) is 3.35. The van der Waals surface area contributed by atoms with Crippen molar-refractivity contribution in [3.63, 3.8) is 0 Å². The molecule has 2 rings (SSSR count). The molecule has 100 valence electrons. The highest BCUT2D eigenvalue weighted by Gasteiger charge is 2.18. The molecule has 0 unspecified atom stereocenters. The lowest BCUT2D eigenvalue weighted by molar-refractivity contribution is 0.601. The summed E-state index contributed by atoms with van der Waals surface area (Å²) in [6.45, 7) is 0. The van der Waals surface area contributed by atoms with Crippen LogP contribution in [0, 0.1) is 0 Å². The van der Waals surface area contributed by atoms with Crippen molar-refractivity contribution in [2.75, 3.05) is 4.72 Å². The summed E-state index contributed by atoms with van der Waals surface area (Å²) in [6.07, 6.45) is 2.45. The van der Waals surface area contributed by atoms with Gasteiger partial charge < -0.3 is 0 Å². The van der Waals surface area contributed by atoms with Gasteiger partial charge in [0.05, 0.1) is 17.4 Å². The van der Waals surface area contributed by atoms with E-state index in [1.165, 1.54) is 24.5 Å². The van der Waals surface area contributed by atoms with Gasteiger partial charge in [0, 0.05) is 4.47 Å². The monoisotopic (exact) mass is 381 g/mol. The maximum atomic E-state index is 12.1. The Bertz CT molecular complexity index is 707. The van der Waals surface area contributed by atoms with E-state index in [0.29, 0.717) is 4.47 Å². The molecule has 0 radical (unpaired) electrons. The molecule has 0 bridgehead atoms. The Morgan fingerprint density at radius 1 is 1.16 bits per heavy atom. The Morgan fingerprint density at radius 2 is 1.89 bits per heavy atom. The summed E-state index contributed by atoms with van der Waals surface area (Å²) in [4.78, 5) is 7.48. The van der Waals surface area contributed by atoms with Crippen molar-refractivity contribution < 1.29 is 8.42 Å². The molecular formula is C10H6BrCl2N3O2S. The van der Waals surface area contributed by atoms with Crippen LogP contribution in [0.5, 0.6) is 0 Å². The van der Waals surface area contributed by atoms with Gasteiger partial charge in [-0.25, -0.2) is 18.4 Å². The van der Waals surface area contributed by atoms with Crippen molar-refractivity contribution in [3.05, 3.63) is 45.2 Å². The average Bonchev–Trinajstić information content (AvgIpc) is 2.31. The van der Waals surface area contributed by atoms with E-state index < -0.39 is 10.0 Å². The highest BCUT2D eigenvalue weighted by molar-refractivity contribution is 9.10. The van der Waals surface area contributed by atoms with Crippen LogP contribution in [-0.4, -0.2) is 18.4 Å². The summed E-state index contributed by atoms with van der Waals surface area (Å²) >= 11 is 14.7. The molecule has 9 heteroatoms. The SMILES string of the molecule is O=S(=O)(Nc1cnc(Cl)cn1)c1ccc(Br)cc1Cl. The number of hydrogen-bond acceptors (Lipinski definition) is 4. The molecule has 0 amide bonds. The fourth-order valence-corrected chi connectivity index (χ4v) is 3.38. The van der Waals surface area contributed by atoms with E-state index >= 15 is 0 Å². The Morgan fingerprint density at radius 3 is 2.47 bits per heavy atom. The standard InChI is InChI=1S/C10H6BrCl2N3O2S/c11-6-1-2-8(7(12)3-6)19(17,18)16-10-5-14-9(13)4-15-10/h1-5H,(H,15,16). The van der Waals surface area contributed by atoms with Gasteiger partial charge in [-0.15, -0.1) is 0 Å². The summed E-state index contributed by atoms with van der Waals surface area (Å²) in [5, 5.41) is 0.272. The minimum absolute atomic E-state index is 0.0471. The van der Waals surface area contributed by atoms with Crippen molar-refractivity contribution in [1.29, 1.82) is 0 Å². The Balaban J connectivity index is 2.35. The first-order valence-corrected chi connectivity index (χ1v) is 7.87. The number of benzene rings is 1. The van der Waals surface area contributed by atoms with E-state index in [4.69, 9.17) is 23.2 Å². The number of nitrogens with one attached hydrogen (secondary N) is 1. The molecule has 0 aliphatic rings. The van der Waals surface area contributed by atoms with E-state index in [0.717, 1.165) is 0 Å². The van der Waals surface area contributed by atoms with Crippen LogP contribution in [0.1, 0.15) is 0 Å². The van der Waals surface area contributed by atoms with Crippen LogP contribution >= 0.6 is 39.1 Å². The molecule has 0 saturated heterocycles. The Hall–Kier alpha value is -0.890. The van der Waals surface area contributed by atoms with Crippen LogP contribution in [0.2, 0.25) is 10.2 Å². The second kappa shape index (κ2) is 5.62. The third kappa shape index (κ3) is 3.56. The number of anilines is 1. The van der Waals surface area contributed by atoms with Crippen molar-refractivity contribution in [3.8, 4) is 0 Å². The molecule has 0 fully saturated rings. The minimum atomic E-state index is -3.82. The molecule has 0 saturated carbocycles. The quantitative estimate of drug-likeness (QED) is 0.883. The first-order chi connectivity index (χ1) is 8.88. The van der Waals surface area contributed by atoms with E-state index in [2.05, 4.69) is 30.6 Å². The topological polar surface area (TPSA) is 72.0 Å². The lowest BCUT2D eigenvalue weighted by Gasteiger charge is -2.08. The fourth-order valence-electron chi connectivity index (χ4n) is 1.25. The van der Waals surface area contributed by atoms with E-state index in [1.54, 1.807) is 6.07 Å². The second-order valence-electron chi connectivity index (χ2n) is 3.40. The smallest absolute Gasteiger partial charge is 0.262 e. The third-order valence-corrected chi connectivity index (χ3v) is 4.57. The van der Waals surface area contributed by atoms with Crippen LogP contribution in [-0.2, 0) is 10.0 Å². The van der Waals surface area contributed by atoms with Gasteiger partial charge >= 0.3 is 0 Å². The zero-order chi connectivity index (χ0) is 14.0. The lowest BCUT2D eigenvalue weighted by atomic mass is 10.4. The fraction of sp³-hybridized carbons (Fsp3) is 0. The summed E-state index contributed by atoms with van der Waals surface area (Å²) in [6, 6.07) is 4.45. The first-order valence-electron chi connectivity index (χ1n) is 4.84. The summed E-state index contributed by atoms with van der Waals surface area (Å²) < 4.78 is 27.2. The van der Waals surface area contributed by atoms with Crippen LogP contribution in [0.25, 0.3) is 0 Å². The van der Waals surface area contributed by atoms with Crippen LogP contribution < -0.4 is 4.72 Å². The Kier molecular flexibility index (Phi) is 4.29. The average molecular weight is 383 g/mol. The molecule has 1 aromatic heterocycles. The zero-order valence-electron chi connectivity index (χ0n) is 9.14. The second-order valence-corrected chi connectivity index (χ2v) is 6.77. The maximum absolute atomic E-state index is 12.1. The van der Waals surface area contributed by atoms with E-state index in [1.807, 2.05) is 0 Å². The zero-order valence-corrected chi connectivity index (χ0v) is 13.1. The summed E-state index contributed by atoms with van der Waals surface area (Å²) in [5.74, 6) is 0.0587. The summed E-state index contributed by atoms with van der Waals surface area (Å²) in [7, 11) is -3.82. The van der Waals surface area contributed by atoms with Crippen molar-refractivity contribution in [1.82, 2.24) is 9.97 Å². The van der Waals surface area contributed by atoms with E-state index in [-0.39, 0.29) is 20.9 Å². The first kappa shape index (κ1) is 14.5. The number of aromatic nitrogens is 2. The maximum Gasteiger partial charge on any atom is 0.264 e. The molecule has 0 spiro atoms. The van der Waals surface area contributed by atoms with Gasteiger partial charge in [-0.05, 0) is 18.2 Å². The van der Waals surface area contributed by atoms with Gasteiger partial charge in [-0.2, -0.15) is 0 Å². The largest absolute Gasteiger partial charge is 0.264 e. The number of rotatable bonds is 3. The van der Waals surface area contributed by atoms with Crippen LogP contribution in [0.4, 0.5) is 5.82 Å². The predicted molar refractivity (Wildman–Crippen MR) is 77.0 cm³/mol. The normalized spacial score (nSPS) is 11.3. The van der Waals surface area contributed by atoms with Gasteiger partial charge in [-0.3, -0.25) is 4.72 Å². The minimum Gasteiger partial charge on any atom is -0.262 e. The third-order valence-electron chi connectivity index (χ3n) is 2.04.